The van der Waals surface area contributed by atoms with Gasteiger partial charge in [-0.15, -0.1) is 0 Å². The average molecular weight is 344 g/mol. The van der Waals surface area contributed by atoms with Crippen LogP contribution in [0.4, 0.5) is 4.39 Å². The predicted octanol–water partition coefficient (Wildman–Crippen LogP) is 5.85. The highest BCUT2D eigenvalue weighted by Crippen LogP contribution is 2.29. The maximum atomic E-state index is 13.6. The van der Waals surface area contributed by atoms with E-state index < -0.39 is 0 Å². The van der Waals surface area contributed by atoms with Crippen LogP contribution in [0.3, 0.4) is 0 Å². The number of hydrogen-bond donors (Lipinski definition) is 1. The topological polar surface area (TPSA) is 12.0 Å². The summed E-state index contributed by atoms with van der Waals surface area (Å²) >= 11 is 3.39. The van der Waals surface area contributed by atoms with Crippen LogP contribution in [-0.4, -0.2) is 6.54 Å². The molecule has 0 amide bonds. The summed E-state index contributed by atoms with van der Waals surface area (Å²) in [5, 5.41) is 3.51. The Hall–Kier alpha value is -0.410. The molecule has 1 N–H and O–H groups in total. The van der Waals surface area contributed by atoms with Crippen molar-refractivity contribution in [3.8, 4) is 0 Å². The van der Waals surface area contributed by atoms with Crippen molar-refractivity contribution in [3.63, 3.8) is 0 Å². The monoisotopic (exact) mass is 343 g/mol. The Bertz CT molecular complexity index is 374. The van der Waals surface area contributed by atoms with Crippen LogP contribution in [0.25, 0.3) is 0 Å². The summed E-state index contributed by atoms with van der Waals surface area (Å²) in [5.41, 5.74) is 1.05. The smallest absolute Gasteiger partial charge is 0.124 e. The van der Waals surface area contributed by atoms with Gasteiger partial charge in [0.25, 0.3) is 0 Å². The molecule has 114 valence electrons. The van der Waals surface area contributed by atoms with E-state index in [1.807, 2.05) is 6.07 Å². The quantitative estimate of drug-likeness (QED) is 0.593. The Morgan fingerprint density at radius 1 is 1.20 bits per heavy atom. The molecule has 2 unspecified atom stereocenters. The standard InChI is InChI=1S/C17H27BrFN/c1-4-7-8-13(5-2)9-17(20-6-3)14-10-15(18)12-16(19)11-14/h10-13,17,20H,4-9H2,1-3H3. The molecule has 0 aliphatic carbocycles. The maximum absolute atomic E-state index is 13.6. The van der Waals surface area contributed by atoms with Crippen molar-refractivity contribution in [2.24, 2.45) is 5.92 Å². The molecule has 1 rings (SSSR count). The highest BCUT2D eigenvalue weighted by atomic mass is 79.9. The summed E-state index contributed by atoms with van der Waals surface area (Å²) in [6.45, 7) is 7.50. The van der Waals surface area contributed by atoms with Crippen LogP contribution in [0.2, 0.25) is 0 Å². The molecule has 0 heterocycles. The highest BCUT2D eigenvalue weighted by Gasteiger charge is 2.17. The van der Waals surface area contributed by atoms with Gasteiger partial charge in [-0.1, -0.05) is 62.4 Å². The summed E-state index contributed by atoms with van der Waals surface area (Å²) in [5.74, 6) is 0.542. The molecule has 3 heteroatoms. The van der Waals surface area contributed by atoms with Gasteiger partial charge in [-0.25, -0.2) is 4.39 Å². The molecule has 1 nitrogen and oxygen atoms in total. The van der Waals surface area contributed by atoms with Crippen molar-refractivity contribution in [2.75, 3.05) is 6.54 Å². The number of nitrogens with one attached hydrogen (secondary N) is 1. The summed E-state index contributed by atoms with van der Waals surface area (Å²) in [6, 6.07) is 5.45. The first kappa shape index (κ1) is 17.6. The molecule has 1 aromatic carbocycles. The van der Waals surface area contributed by atoms with Gasteiger partial charge in [0.15, 0.2) is 0 Å². The van der Waals surface area contributed by atoms with Gasteiger partial charge < -0.3 is 5.32 Å². The number of benzene rings is 1. The van der Waals surface area contributed by atoms with Crippen LogP contribution in [0.15, 0.2) is 22.7 Å². The van der Waals surface area contributed by atoms with Crippen LogP contribution in [0.1, 0.15) is 64.5 Å². The first-order valence-corrected chi connectivity index (χ1v) is 8.59. The average Bonchev–Trinajstić information content (AvgIpc) is 2.41. The van der Waals surface area contributed by atoms with Gasteiger partial charge in [-0.2, -0.15) is 0 Å². The van der Waals surface area contributed by atoms with E-state index in [1.165, 1.54) is 31.7 Å². The minimum Gasteiger partial charge on any atom is -0.310 e. The Kier molecular flexibility index (Phi) is 8.39. The molecule has 2 atom stereocenters. The summed E-state index contributed by atoms with van der Waals surface area (Å²) in [6.07, 6.45) is 6.07. The molecule has 20 heavy (non-hydrogen) atoms. The predicted molar refractivity (Wildman–Crippen MR) is 88.4 cm³/mol. The molecule has 1 aromatic rings. The second kappa shape index (κ2) is 9.51. The van der Waals surface area contributed by atoms with E-state index in [0.717, 1.165) is 23.0 Å². The van der Waals surface area contributed by atoms with Crippen molar-refractivity contribution in [1.29, 1.82) is 0 Å². The molecule has 0 aliphatic heterocycles. The second-order valence-electron chi connectivity index (χ2n) is 5.47. The van der Waals surface area contributed by atoms with Crippen molar-refractivity contribution >= 4 is 15.9 Å². The summed E-state index contributed by atoms with van der Waals surface area (Å²) in [7, 11) is 0. The lowest BCUT2D eigenvalue weighted by Gasteiger charge is -2.24. The van der Waals surface area contributed by atoms with Gasteiger partial charge in [0, 0.05) is 10.5 Å². The Labute approximate surface area is 131 Å². The van der Waals surface area contributed by atoms with Crippen molar-refractivity contribution < 1.29 is 4.39 Å². The van der Waals surface area contributed by atoms with E-state index in [-0.39, 0.29) is 11.9 Å². The normalized spacial score (nSPS) is 14.2. The fourth-order valence-corrected chi connectivity index (χ4v) is 3.16. The largest absolute Gasteiger partial charge is 0.310 e. The molecule has 0 aromatic heterocycles. The molecule has 0 bridgehead atoms. The lowest BCUT2D eigenvalue weighted by atomic mass is 9.89. The fourth-order valence-electron chi connectivity index (χ4n) is 2.67. The zero-order valence-corrected chi connectivity index (χ0v) is 14.5. The van der Waals surface area contributed by atoms with Gasteiger partial charge >= 0.3 is 0 Å². The molecular formula is C17H27BrFN. The van der Waals surface area contributed by atoms with Crippen LogP contribution in [-0.2, 0) is 0 Å². The Balaban J connectivity index is 2.81. The third-order valence-electron chi connectivity index (χ3n) is 3.85. The molecule has 0 saturated heterocycles. The van der Waals surface area contributed by atoms with Crippen LogP contribution >= 0.6 is 15.9 Å². The van der Waals surface area contributed by atoms with Gasteiger partial charge in [0.2, 0.25) is 0 Å². The summed E-state index contributed by atoms with van der Waals surface area (Å²) < 4.78 is 14.4. The molecule has 0 spiro atoms. The van der Waals surface area contributed by atoms with E-state index in [0.29, 0.717) is 5.92 Å². The van der Waals surface area contributed by atoms with Crippen LogP contribution < -0.4 is 5.32 Å². The SMILES string of the molecule is CCCCC(CC)CC(NCC)c1cc(F)cc(Br)c1. The van der Waals surface area contributed by atoms with Gasteiger partial charge in [0.05, 0.1) is 0 Å². The van der Waals surface area contributed by atoms with Crippen molar-refractivity contribution in [1.82, 2.24) is 5.32 Å². The third-order valence-corrected chi connectivity index (χ3v) is 4.31. The van der Waals surface area contributed by atoms with Crippen molar-refractivity contribution in [2.45, 2.75) is 58.9 Å². The number of rotatable bonds is 9. The molecular weight excluding hydrogens is 317 g/mol. The summed E-state index contributed by atoms with van der Waals surface area (Å²) in [4.78, 5) is 0. The molecule has 0 radical (unpaired) electrons. The minimum atomic E-state index is -0.168. The van der Waals surface area contributed by atoms with E-state index in [2.05, 4.69) is 42.0 Å². The lowest BCUT2D eigenvalue weighted by Crippen LogP contribution is -2.23. The van der Waals surface area contributed by atoms with E-state index in [9.17, 15) is 4.39 Å². The zero-order chi connectivity index (χ0) is 15.0. The lowest BCUT2D eigenvalue weighted by molar-refractivity contribution is 0.356. The maximum Gasteiger partial charge on any atom is 0.124 e. The fraction of sp³-hybridized carbons (Fsp3) is 0.647. The van der Waals surface area contributed by atoms with Crippen LogP contribution in [0, 0.1) is 11.7 Å². The Morgan fingerprint density at radius 3 is 2.50 bits per heavy atom. The highest BCUT2D eigenvalue weighted by molar-refractivity contribution is 9.10. The van der Waals surface area contributed by atoms with Gasteiger partial charge in [-0.05, 0) is 42.6 Å². The number of hydrogen-bond acceptors (Lipinski definition) is 1. The van der Waals surface area contributed by atoms with Gasteiger partial charge in [-0.3, -0.25) is 0 Å². The van der Waals surface area contributed by atoms with Crippen LogP contribution in [0.5, 0.6) is 0 Å². The number of unbranched alkanes of at least 4 members (excludes halogenated alkanes) is 1. The minimum absolute atomic E-state index is 0.168. The Morgan fingerprint density at radius 2 is 1.95 bits per heavy atom. The van der Waals surface area contributed by atoms with E-state index in [4.69, 9.17) is 0 Å². The van der Waals surface area contributed by atoms with Crippen molar-refractivity contribution in [3.05, 3.63) is 34.1 Å². The first-order chi connectivity index (χ1) is 9.60. The third kappa shape index (κ3) is 5.92. The number of halogens is 2. The molecule has 0 fully saturated rings. The molecule has 0 saturated carbocycles. The first-order valence-electron chi connectivity index (χ1n) is 7.80. The molecule has 0 aliphatic rings. The second-order valence-corrected chi connectivity index (χ2v) is 6.38. The van der Waals surface area contributed by atoms with Gasteiger partial charge in [0.1, 0.15) is 5.82 Å². The van der Waals surface area contributed by atoms with E-state index in [1.54, 1.807) is 6.07 Å². The van der Waals surface area contributed by atoms with E-state index >= 15 is 0 Å². The zero-order valence-electron chi connectivity index (χ0n) is 12.9.